The number of morpholine rings is 1. The van der Waals surface area contributed by atoms with Gasteiger partial charge in [-0.05, 0) is 42.0 Å². The molecular weight excluding hydrogens is 416 g/mol. The third-order valence-corrected chi connectivity index (χ3v) is 4.55. The van der Waals surface area contributed by atoms with Crippen molar-refractivity contribution in [1.29, 1.82) is 0 Å². The van der Waals surface area contributed by atoms with Crippen molar-refractivity contribution in [3.8, 4) is 11.5 Å². The van der Waals surface area contributed by atoms with Gasteiger partial charge in [-0.25, -0.2) is 5.43 Å². The van der Waals surface area contributed by atoms with Gasteiger partial charge in [0.2, 0.25) is 0 Å². The summed E-state index contributed by atoms with van der Waals surface area (Å²) in [5.74, 6) is -0.919. The molecule has 2 N–H and O–H groups in total. The van der Waals surface area contributed by atoms with E-state index in [1.54, 1.807) is 53.4 Å². The fourth-order valence-corrected chi connectivity index (χ4v) is 2.84. The fraction of sp³-hybridized carbons (Fsp3) is 0.273. The van der Waals surface area contributed by atoms with Gasteiger partial charge in [-0.3, -0.25) is 14.4 Å². The van der Waals surface area contributed by atoms with Crippen LogP contribution in [0.4, 0.5) is 5.69 Å². The molecule has 3 amide bonds. The second kappa shape index (κ2) is 11.5. The summed E-state index contributed by atoms with van der Waals surface area (Å²) in [4.78, 5) is 37.7. The van der Waals surface area contributed by atoms with Crippen LogP contribution in [0.3, 0.4) is 0 Å². The van der Waals surface area contributed by atoms with Crippen molar-refractivity contribution in [2.24, 2.45) is 5.10 Å². The largest absolute Gasteiger partial charge is 0.495 e. The van der Waals surface area contributed by atoms with Gasteiger partial charge in [0.1, 0.15) is 11.5 Å². The molecule has 0 aliphatic carbocycles. The van der Waals surface area contributed by atoms with Crippen molar-refractivity contribution < 1.29 is 28.6 Å². The minimum Gasteiger partial charge on any atom is -0.495 e. The molecule has 2 aromatic rings. The molecule has 32 heavy (non-hydrogen) atoms. The van der Waals surface area contributed by atoms with Crippen LogP contribution in [0.25, 0.3) is 0 Å². The summed E-state index contributed by atoms with van der Waals surface area (Å²) in [5, 5.41) is 6.24. The molecule has 0 radical (unpaired) electrons. The molecule has 1 heterocycles. The summed E-state index contributed by atoms with van der Waals surface area (Å²) in [6.45, 7) is 2.17. The Kier molecular flexibility index (Phi) is 8.15. The Morgan fingerprint density at radius 1 is 1.06 bits per heavy atom. The maximum absolute atomic E-state index is 12.1. The molecule has 2 aromatic carbocycles. The van der Waals surface area contributed by atoms with E-state index in [0.29, 0.717) is 49.1 Å². The Hall–Kier alpha value is -3.92. The SMILES string of the molecule is COc1ccccc1NC(=O)C(=O)N/N=C\c1ccc(OCC(=O)N2CCOCC2)cc1. The average molecular weight is 440 g/mol. The van der Waals surface area contributed by atoms with Gasteiger partial charge in [-0.2, -0.15) is 5.10 Å². The van der Waals surface area contributed by atoms with E-state index in [1.807, 2.05) is 0 Å². The van der Waals surface area contributed by atoms with E-state index >= 15 is 0 Å². The lowest BCUT2D eigenvalue weighted by molar-refractivity contribution is -0.137. The number of benzene rings is 2. The van der Waals surface area contributed by atoms with Gasteiger partial charge >= 0.3 is 11.8 Å². The topological polar surface area (TPSA) is 119 Å². The van der Waals surface area contributed by atoms with Crippen LogP contribution in [0.1, 0.15) is 5.56 Å². The lowest BCUT2D eigenvalue weighted by Crippen LogP contribution is -2.42. The van der Waals surface area contributed by atoms with E-state index in [2.05, 4.69) is 15.8 Å². The smallest absolute Gasteiger partial charge is 0.329 e. The lowest BCUT2D eigenvalue weighted by atomic mass is 10.2. The lowest BCUT2D eigenvalue weighted by Gasteiger charge is -2.26. The van der Waals surface area contributed by atoms with Crippen LogP contribution < -0.4 is 20.2 Å². The third kappa shape index (κ3) is 6.54. The highest BCUT2D eigenvalue weighted by molar-refractivity contribution is 6.39. The molecule has 168 valence electrons. The van der Waals surface area contributed by atoms with Crippen molar-refractivity contribution in [2.75, 3.05) is 45.3 Å². The molecule has 0 atom stereocenters. The third-order valence-electron chi connectivity index (χ3n) is 4.55. The summed E-state index contributed by atoms with van der Waals surface area (Å²) < 4.78 is 15.9. The number of para-hydroxylation sites is 2. The highest BCUT2D eigenvalue weighted by Crippen LogP contribution is 2.22. The normalized spacial score (nSPS) is 13.5. The summed E-state index contributed by atoms with van der Waals surface area (Å²) >= 11 is 0. The molecule has 1 aliphatic heterocycles. The molecule has 1 saturated heterocycles. The number of hydrazone groups is 1. The minimum absolute atomic E-state index is 0.0508. The van der Waals surface area contributed by atoms with E-state index in [1.165, 1.54) is 13.3 Å². The predicted molar refractivity (Wildman–Crippen MR) is 117 cm³/mol. The zero-order valence-corrected chi connectivity index (χ0v) is 17.6. The average Bonchev–Trinajstić information content (AvgIpc) is 2.84. The van der Waals surface area contributed by atoms with Crippen molar-refractivity contribution in [3.05, 3.63) is 54.1 Å². The number of hydrogen-bond donors (Lipinski definition) is 2. The number of methoxy groups -OCH3 is 1. The molecule has 0 unspecified atom stereocenters. The van der Waals surface area contributed by atoms with E-state index in [9.17, 15) is 14.4 Å². The summed E-state index contributed by atoms with van der Waals surface area (Å²) in [7, 11) is 1.47. The van der Waals surface area contributed by atoms with Gasteiger partial charge in [0.25, 0.3) is 5.91 Å². The van der Waals surface area contributed by atoms with Gasteiger partial charge < -0.3 is 24.4 Å². The van der Waals surface area contributed by atoms with Gasteiger partial charge in [0.15, 0.2) is 6.61 Å². The quantitative estimate of drug-likeness (QED) is 0.377. The van der Waals surface area contributed by atoms with E-state index < -0.39 is 11.8 Å². The highest BCUT2D eigenvalue weighted by atomic mass is 16.5. The van der Waals surface area contributed by atoms with Crippen LogP contribution in [0.5, 0.6) is 11.5 Å². The molecular formula is C22H24N4O6. The number of carbonyl (C=O) groups is 3. The first-order valence-corrected chi connectivity index (χ1v) is 9.92. The number of anilines is 1. The van der Waals surface area contributed by atoms with Crippen LogP contribution in [0.2, 0.25) is 0 Å². The zero-order valence-electron chi connectivity index (χ0n) is 17.6. The monoisotopic (exact) mass is 440 g/mol. The van der Waals surface area contributed by atoms with Crippen LogP contribution in [-0.2, 0) is 19.1 Å². The summed E-state index contributed by atoms with van der Waals surface area (Å²) in [5.41, 5.74) is 3.21. The Morgan fingerprint density at radius 2 is 1.78 bits per heavy atom. The fourth-order valence-electron chi connectivity index (χ4n) is 2.84. The van der Waals surface area contributed by atoms with E-state index in [4.69, 9.17) is 14.2 Å². The number of hydrogen-bond acceptors (Lipinski definition) is 7. The molecule has 1 fully saturated rings. The summed E-state index contributed by atoms with van der Waals surface area (Å²) in [6.07, 6.45) is 1.39. The second-order valence-corrected chi connectivity index (χ2v) is 6.70. The number of rotatable bonds is 7. The maximum atomic E-state index is 12.1. The van der Waals surface area contributed by atoms with E-state index in [-0.39, 0.29) is 12.5 Å². The van der Waals surface area contributed by atoms with Gasteiger partial charge in [0.05, 0.1) is 32.2 Å². The Balaban J connectivity index is 1.44. The standard InChI is InChI=1S/C22H24N4O6/c1-30-19-5-3-2-4-18(19)24-21(28)22(29)25-23-14-16-6-8-17(9-7-16)32-15-20(27)26-10-12-31-13-11-26/h2-9,14H,10-13,15H2,1H3,(H,24,28)(H,25,29)/b23-14-. The van der Waals surface area contributed by atoms with Crippen molar-refractivity contribution >= 4 is 29.6 Å². The van der Waals surface area contributed by atoms with Crippen LogP contribution in [0.15, 0.2) is 53.6 Å². The predicted octanol–water partition coefficient (Wildman–Crippen LogP) is 1.02. The second-order valence-electron chi connectivity index (χ2n) is 6.70. The molecule has 0 spiro atoms. The molecule has 0 saturated carbocycles. The first kappa shape index (κ1) is 22.8. The van der Waals surface area contributed by atoms with Crippen LogP contribution in [0, 0.1) is 0 Å². The number of amides is 3. The minimum atomic E-state index is -0.922. The van der Waals surface area contributed by atoms with Gasteiger partial charge in [-0.1, -0.05) is 12.1 Å². The highest BCUT2D eigenvalue weighted by Gasteiger charge is 2.17. The van der Waals surface area contributed by atoms with Gasteiger partial charge in [0, 0.05) is 13.1 Å². The molecule has 10 nitrogen and oxygen atoms in total. The van der Waals surface area contributed by atoms with Crippen molar-refractivity contribution in [2.45, 2.75) is 0 Å². The molecule has 3 rings (SSSR count). The number of nitrogens with zero attached hydrogens (tertiary/aromatic N) is 2. The first-order valence-electron chi connectivity index (χ1n) is 9.92. The van der Waals surface area contributed by atoms with Crippen molar-refractivity contribution in [3.63, 3.8) is 0 Å². The molecule has 0 bridgehead atoms. The Labute approximate surface area is 185 Å². The first-order chi connectivity index (χ1) is 15.6. The number of nitrogens with one attached hydrogen (secondary N) is 2. The maximum Gasteiger partial charge on any atom is 0.329 e. The number of ether oxygens (including phenoxy) is 3. The Morgan fingerprint density at radius 3 is 2.50 bits per heavy atom. The zero-order chi connectivity index (χ0) is 22.8. The van der Waals surface area contributed by atoms with Crippen molar-refractivity contribution in [1.82, 2.24) is 10.3 Å². The van der Waals surface area contributed by atoms with Gasteiger partial charge in [-0.15, -0.1) is 0 Å². The van der Waals surface area contributed by atoms with Crippen LogP contribution >= 0.6 is 0 Å². The van der Waals surface area contributed by atoms with Crippen LogP contribution in [-0.4, -0.2) is 68.9 Å². The molecule has 1 aliphatic rings. The Bertz CT molecular complexity index is 971. The number of carbonyl (C=O) groups excluding carboxylic acids is 3. The van der Waals surface area contributed by atoms with E-state index in [0.717, 1.165) is 0 Å². The molecule has 0 aromatic heterocycles. The molecule has 10 heteroatoms. The summed E-state index contributed by atoms with van der Waals surface area (Å²) in [6, 6.07) is 13.5.